The molecule has 0 atom stereocenters. The standard InChI is InChI=1S/C17H23N3O2/c21-12-6-9-16-18-14-7-2-3-8-15(14)20(16)13-17(22)19-10-4-1-5-11-19/h2-3,7-8,21H,1,4-6,9-13H2. The lowest BCUT2D eigenvalue weighted by atomic mass is 10.1. The summed E-state index contributed by atoms with van der Waals surface area (Å²) >= 11 is 0. The molecule has 5 nitrogen and oxygen atoms in total. The zero-order valence-electron chi connectivity index (χ0n) is 12.9. The SMILES string of the molecule is O=C(Cn1c(CCCO)nc2ccccc21)N1CCCCC1. The van der Waals surface area contributed by atoms with E-state index in [4.69, 9.17) is 5.11 Å². The van der Waals surface area contributed by atoms with Crippen molar-refractivity contribution in [1.82, 2.24) is 14.5 Å². The molecule has 0 aliphatic carbocycles. The fourth-order valence-electron chi connectivity index (χ4n) is 3.11. The van der Waals surface area contributed by atoms with Gasteiger partial charge in [-0.05, 0) is 37.8 Å². The molecular weight excluding hydrogens is 278 g/mol. The summed E-state index contributed by atoms with van der Waals surface area (Å²) in [7, 11) is 0. The molecule has 5 heteroatoms. The quantitative estimate of drug-likeness (QED) is 0.918. The van der Waals surface area contributed by atoms with Crippen molar-refractivity contribution in [1.29, 1.82) is 0 Å². The zero-order chi connectivity index (χ0) is 15.4. The summed E-state index contributed by atoms with van der Waals surface area (Å²) in [5, 5.41) is 9.07. The van der Waals surface area contributed by atoms with Gasteiger partial charge in [0.2, 0.25) is 5.91 Å². The minimum absolute atomic E-state index is 0.142. The summed E-state index contributed by atoms with van der Waals surface area (Å²) < 4.78 is 2.02. The molecule has 3 rings (SSSR count). The van der Waals surface area contributed by atoms with Crippen LogP contribution in [-0.4, -0.2) is 45.2 Å². The first kappa shape index (κ1) is 15.0. The van der Waals surface area contributed by atoms with E-state index in [2.05, 4.69) is 4.98 Å². The van der Waals surface area contributed by atoms with Crippen molar-refractivity contribution in [2.45, 2.75) is 38.6 Å². The Hall–Kier alpha value is -1.88. The van der Waals surface area contributed by atoms with Crippen LogP contribution in [0.15, 0.2) is 24.3 Å². The fraction of sp³-hybridized carbons (Fsp3) is 0.529. The van der Waals surface area contributed by atoms with Gasteiger partial charge in [-0.3, -0.25) is 4.79 Å². The van der Waals surface area contributed by atoms with Crippen LogP contribution in [0.25, 0.3) is 11.0 Å². The van der Waals surface area contributed by atoms with Crippen molar-refractivity contribution in [2.24, 2.45) is 0 Å². The summed E-state index contributed by atoms with van der Waals surface area (Å²) in [5.74, 6) is 1.06. The Balaban J connectivity index is 1.85. The number of nitrogens with zero attached hydrogens (tertiary/aromatic N) is 3. The van der Waals surface area contributed by atoms with Gasteiger partial charge < -0.3 is 14.6 Å². The molecule has 1 aliphatic rings. The minimum atomic E-state index is 0.142. The molecule has 1 N–H and O–H groups in total. The van der Waals surface area contributed by atoms with E-state index in [-0.39, 0.29) is 12.5 Å². The third kappa shape index (κ3) is 3.14. The topological polar surface area (TPSA) is 58.4 Å². The first-order valence-corrected chi connectivity index (χ1v) is 8.12. The maximum atomic E-state index is 12.6. The first-order chi connectivity index (χ1) is 10.8. The normalized spacial score (nSPS) is 15.4. The van der Waals surface area contributed by atoms with E-state index in [0.29, 0.717) is 19.4 Å². The van der Waals surface area contributed by atoms with Gasteiger partial charge in [0.1, 0.15) is 12.4 Å². The van der Waals surface area contributed by atoms with E-state index < -0.39 is 0 Å². The number of piperidine rings is 1. The number of hydrogen-bond acceptors (Lipinski definition) is 3. The van der Waals surface area contributed by atoms with Crippen molar-refractivity contribution in [3.8, 4) is 0 Å². The molecule has 1 amide bonds. The number of fused-ring (bicyclic) bond motifs is 1. The number of aliphatic hydroxyl groups excluding tert-OH is 1. The van der Waals surface area contributed by atoms with Crippen molar-refractivity contribution < 1.29 is 9.90 Å². The Bertz CT molecular complexity index is 644. The highest BCUT2D eigenvalue weighted by Gasteiger charge is 2.19. The number of aromatic nitrogens is 2. The summed E-state index contributed by atoms with van der Waals surface area (Å²) in [6, 6.07) is 7.91. The van der Waals surface area contributed by atoms with Crippen LogP contribution in [0.1, 0.15) is 31.5 Å². The van der Waals surface area contributed by atoms with Gasteiger partial charge in [-0.1, -0.05) is 12.1 Å². The molecule has 1 aromatic heterocycles. The predicted octanol–water partition coefficient (Wildman–Crippen LogP) is 1.97. The van der Waals surface area contributed by atoms with Crippen LogP contribution in [0.4, 0.5) is 0 Å². The van der Waals surface area contributed by atoms with E-state index in [1.807, 2.05) is 33.7 Å². The van der Waals surface area contributed by atoms with Gasteiger partial charge in [-0.15, -0.1) is 0 Å². The van der Waals surface area contributed by atoms with E-state index in [0.717, 1.165) is 42.8 Å². The molecule has 1 saturated heterocycles. The van der Waals surface area contributed by atoms with Crippen molar-refractivity contribution in [3.63, 3.8) is 0 Å². The molecule has 2 heterocycles. The number of aryl methyl sites for hydroxylation is 1. The third-order valence-electron chi connectivity index (χ3n) is 4.29. The molecule has 1 aromatic carbocycles. The van der Waals surface area contributed by atoms with Crippen LogP contribution in [0.3, 0.4) is 0 Å². The average molecular weight is 301 g/mol. The van der Waals surface area contributed by atoms with Gasteiger partial charge in [0, 0.05) is 26.1 Å². The second kappa shape index (κ2) is 6.92. The molecule has 1 aliphatic heterocycles. The smallest absolute Gasteiger partial charge is 0.242 e. The zero-order valence-corrected chi connectivity index (χ0v) is 12.9. The summed E-state index contributed by atoms with van der Waals surface area (Å²) in [6.07, 6.45) is 4.79. The van der Waals surface area contributed by atoms with Crippen LogP contribution in [-0.2, 0) is 17.8 Å². The monoisotopic (exact) mass is 301 g/mol. The van der Waals surface area contributed by atoms with E-state index in [1.54, 1.807) is 0 Å². The number of carbonyl (C=O) groups is 1. The number of rotatable bonds is 5. The van der Waals surface area contributed by atoms with Crippen molar-refractivity contribution in [2.75, 3.05) is 19.7 Å². The van der Waals surface area contributed by atoms with Gasteiger partial charge >= 0.3 is 0 Å². The van der Waals surface area contributed by atoms with Crippen molar-refractivity contribution >= 4 is 16.9 Å². The van der Waals surface area contributed by atoms with Crippen LogP contribution in [0, 0.1) is 0 Å². The van der Waals surface area contributed by atoms with Crippen LogP contribution in [0.2, 0.25) is 0 Å². The highest BCUT2D eigenvalue weighted by Crippen LogP contribution is 2.18. The maximum absolute atomic E-state index is 12.6. The van der Waals surface area contributed by atoms with Crippen LogP contribution < -0.4 is 0 Å². The number of para-hydroxylation sites is 2. The molecule has 118 valence electrons. The molecule has 0 spiro atoms. The summed E-state index contributed by atoms with van der Waals surface area (Å²) in [6.45, 7) is 2.24. The molecule has 22 heavy (non-hydrogen) atoms. The Morgan fingerprint density at radius 3 is 2.73 bits per heavy atom. The molecular formula is C17H23N3O2. The van der Waals surface area contributed by atoms with E-state index in [9.17, 15) is 4.79 Å². The lowest BCUT2D eigenvalue weighted by molar-refractivity contribution is -0.132. The lowest BCUT2D eigenvalue weighted by Crippen LogP contribution is -2.38. The Kier molecular flexibility index (Phi) is 4.73. The molecule has 0 unspecified atom stereocenters. The molecule has 0 radical (unpaired) electrons. The first-order valence-electron chi connectivity index (χ1n) is 8.12. The fourth-order valence-corrected chi connectivity index (χ4v) is 3.11. The van der Waals surface area contributed by atoms with Crippen LogP contribution >= 0.6 is 0 Å². The Morgan fingerprint density at radius 2 is 1.95 bits per heavy atom. The summed E-state index contributed by atoms with van der Waals surface area (Å²) in [5.41, 5.74) is 1.92. The second-order valence-electron chi connectivity index (χ2n) is 5.87. The van der Waals surface area contributed by atoms with Gasteiger partial charge in [-0.25, -0.2) is 4.98 Å². The Labute approximate surface area is 130 Å². The molecule has 0 bridgehead atoms. The minimum Gasteiger partial charge on any atom is -0.396 e. The number of imidazole rings is 1. The number of amides is 1. The third-order valence-corrected chi connectivity index (χ3v) is 4.29. The molecule has 0 saturated carbocycles. The number of benzene rings is 1. The van der Waals surface area contributed by atoms with Gasteiger partial charge in [-0.2, -0.15) is 0 Å². The lowest BCUT2D eigenvalue weighted by Gasteiger charge is -2.27. The van der Waals surface area contributed by atoms with Gasteiger partial charge in [0.25, 0.3) is 0 Å². The molecule has 2 aromatic rings. The number of likely N-dealkylation sites (tertiary alicyclic amines) is 1. The number of hydrogen-bond donors (Lipinski definition) is 1. The van der Waals surface area contributed by atoms with Crippen molar-refractivity contribution in [3.05, 3.63) is 30.1 Å². The second-order valence-corrected chi connectivity index (χ2v) is 5.87. The van der Waals surface area contributed by atoms with Gasteiger partial charge in [0.15, 0.2) is 0 Å². The predicted molar refractivity (Wildman–Crippen MR) is 85.6 cm³/mol. The number of carbonyl (C=O) groups excluding carboxylic acids is 1. The van der Waals surface area contributed by atoms with E-state index in [1.165, 1.54) is 6.42 Å². The molecule has 1 fully saturated rings. The number of aliphatic hydroxyl groups is 1. The average Bonchev–Trinajstić information content (AvgIpc) is 2.91. The summed E-state index contributed by atoms with van der Waals surface area (Å²) in [4.78, 5) is 19.2. The van der Waals surface area contributed by atoms with E-state index >= 15 is 0 Å². The van der Waals surface area contributed by atoms with Crippen LogP contribution in [0.5, 0.6) is 0 Å². The Morgan fingerprint density at radius 1 is 1.18 bits per heavy atom. The highest BCUT2D eigenvalue weighted by molar-refractivity contribution is 5.81. The maximum Gasteiger partial charge on any atom is 0.242 e. The largest absolute Gasteiger partial charge is 0.396 e. The van der Waals surface area contributed by atoms with Gasteiger partial charge in [0.05, 0.1) is 11.0 Å². The highest BCUT2D eigenvalue weighted by atomic mass is 16.3.